The molecule has 0 radical (unpaired) electrons. The first-order valence-corrected chi connectivity index (χ1v) is 6.59. The summed E-state index contributed by atoms with van der Waals surface area (Å²) in [5, 5.41) is 0.522. The lowest BCUT2D eigenvalue weighted by Gasteiger charge is -2.17. The molecule has 1 aromatic carbocycles. The van der Waals surface area contributed by atoms with E-state index < -0.39 is 18.1 Å². The average molecular weight is 333 g/mol. The molecule has 0 bridgehead atoms. The normalized spacial score (nSPS) is 21.7. The highest BCUT2D eigenvalue weighted by molar-refractivity contribution is 9.10. The van der Waals surface area contributed by atoms with Crippen LogP contribution in [0.15, 0.2) is 27.7 Å². The van der Waals surface area contributed by atoms with Gasteiger partial charge < -0.3 is 9.47 Å². The van der Waals surface area contributed by atoms with Gasteiger partial charge in [0.15, 0.2) is 18.5 Å². The molecule has 4 nitrogen and oxygen atoms in total. The first-order valence-electron chi connectivity index (χ1n) is 5.42. The molecule has 2 atom stereocenters. The minimum Gasteiger partial charge on any atom is -0.473 e. The van der Waals surface area contributed by atoms with Crippen LogP contribution in [0.5, 0.6) is 0 Å². The van der Waals surface area contributed by atoms with Crippen molar-refractivity contribution in [3.63, 3.8) is 0 Å². The summed E-state index contributed by atoms with van der Waals surface area (Å²) in [6.45, 7) is 2.06. The maximum absolute atomic E-state index is 11.7. The second-order valence-corrected chi connectivity index (χ2v) is 5.00. The van der Waals surface area contributed by atoms with Crippen LogP contribution in [0.1, 0.15) is 18.6 Å². The van der Waals surface area contributed by atoms with Crippen LogP contribution in [0.4, 0.5) is 0 Å². The van der Waals surface area contributed by atoms with Gasteiger partial charge in [0, 0.05) is 15.1 Å². The predicted octanol–water partition coefficient (Wildman–Crippen LogP) is 3.13. The first-order chi connectivity index (χ1) is 8.63. The fraction of sp³-hybridized carbons (Fsp3) is 0.333. The van der Waals surface area contributed by atoms with Crippen molar-refractivity contribution in [3.05, 3.63) is 33.3 Å². The van der Waals surface area contributed by atoms with Gasteiger partial charge in [-0.05, 0) is 19.1 Å². The van der Waals surface area contributed by atoms with Gasteiger partial charge in [-0.3, -0.25) is 0 Å². The van der Waals surface area contributed by atoms with Gasteiger partial charge in [0.25, 0.3) is 0 Å². The number of hydrogen-bond donors (Lipinski definition) is 0. The molecule has 1 aliphatic heterocycles. The molecule has 1 aliphatic rings. The largest absolute Gasteiger partial charge is 0.473 e. The second kappa shape index (κ2) is 5.71. The third-order valence-electron chi connectivity index (χ3n) is 2.51. The summed E-state index contributed by atoms with van der Waals surface area (Å²) < 4.78 is 11.2. The van der Waals surface area contributed by atoms with E-state index in [-0.39, 0.29) is 0 Å². The number of carbonyl (C=O) groups is 1. The Morgan fingerprint density at radius 2 is 2.39 bits per heavy atom. The van der Waals surface area contributed by atoms with Crippen LogP contribution in [0.3, 0.4) is 0 Å². The Kier molecular flexibility index (Phi) is 4.24. The molecule has 96 valence electrons. The Bertz CT molecular complexity index is 492. The molecule has 0 fully saturated rings. The summed E-state index contributed by atoms with van der Waals surface area (Å²) in [6, 6.07) is 4.70. The van der Waals surface area contributed by atoms with E-state index in [2.05, 4.69) is 20.9 Å². The van der Waals surface area contributed by atoms with Crippen LogP contribution in [0, 0.1) is 0 Å². The van der Waals surface area contributed by atoms with Crippen LogP contribution in [-0.4, -0.2) is 25.0 Å². The van der Waals surface area contributed by atoms with Gasteiger partial charge in [0.2, 0.25) is 0 Å². The van der Waals surface area contributed by atoms with E-state index in [1.165, 1.54) is 6.40 Å². The summed E-state index contributed by atoms with van der Waals surface area (Å²) in [4.78, 5) is 15.7. The summed E-state index contributed by atoms with van der Waals surface area (Å²) in [5.74, 6) is -0.407. The highest BCUT2D eigenvalue weighted by Crippen LogP contribution is 2.34. The second-order valence-electron chi connectivity index (χ2n) is 3.67. The summed E-state index contributed by atoms with van der Waals surface area (Å²) >= 11 is 9.46. The van der Waals surface area contributed by atoms with Crippen molar-refractivity contribution >= 4 is 39.9 Å². The van der Waals surface area contributed by atoms with Gasteiger partial charge >= 0.3 is 5.97 Å². The van der Waals surface area contributed by atoms with Gasteiger partial charge in [-0.15, -0.1) is 0 Å². The molecule has 18 heavy (non-hydrogen) atoms. The van der Waals surface area contributed by atoms with E-state index in [1.54, 1.807) is 19.1 Å². The third kappa shape index (κ3) is 2.67. The zero-order valence-corrected chi connectivity index (χ0v) is 11.9. The summed E-state index contributed by atoms with van der Waals surface area (Å²) in [6.07, 6.45) is 0.745. The zero-order valence-electron chi connectivity index (χ0n) is 9.60. The molecule has 0 spiro atoms. The highest BCUT2D eigenvalue weighted by atomic mass is 79.9. The van der Waals surface area contributed by atoms with Crippen molar-refractivity contribution in [2.24, 2.45) is 4.99 Å². The number of rotatable bonds is 3. The minimum atomic E-state index is -0.691. The van der Waals surface area contributed by atoms with Gasteiger partial charge in [0.1, 0.15) is 0 Å². The molecule has 0 aliphatic carbocycles. The summed E-state index contributed by atoms with van der Waals surface area (Å²) in [7, 11) is 0. The van der Waals surface area contributed by atoms with Gasteiger partial charge in [-0.25, -0.2) is 9.79 Å². The van der Waals surface area contributed by atoms with Crippen LogP contribution in [-0.2, 0) is 14.3 Å². The highest BCUT2D eigenvalue weighted by Gasteiger charge is 2.36. The maximum atomic E-state index is 11.7. The predicted molar refractivity (Wildman–Crippen MR) is 71.9 cm³/mol. The average Bonchev–Trinajstić information content (AvgIpc) is 2.78. The van der Waals surface area contributed by atoms with Crippen molar-refractivity contribution in [3.8, 4) is 0 Å². The lowest BCUT2D eigenvalue weighted by atomic mass is 10.0. The molecule has 2 unspecified atom stereocenters. The molecular formula is C12H11BrClNO3. The van der Waals surface area contributed by atoms with Crippen LogP contribution in [0.2, 0.25) is 5.02 Å². The third-order valence-corrected chi connectivity index (χ3v) is 3.33. The number of ether oxygens (including phenoxy) is 2. The fourth-order valence-corrected chi connectivity index (χ4v) is 2.49. The van der Waals surface area contributed by atoms with Crippen LogP contribution in [0.25, 0.3) is 0 Å². The number of carbonyl (C=O) groups excluding carboxylic acids is 1. The Labute approximate surface area is 118 Å². The molecule has 0 amide bonds. The number of nitrogens with zero attached hydrogens (tertiary/aromatic N) is 1. The topological polar surface area (TPSA) is 47.9 Å². The van der Waals surface area contributed by atoms with E-state index in [4.69, 9.17) is 21.1 Å². The monoisotopic (exact) mass is 331 g/mol. The van der Waals surface area contributed by atoms with Crippen LogP contribution < -0.4 is 0 Å². The number of aliphatic imine (C=N–C) groups is 1. The maximum Gasteiger partial charge on any atom is 0.335 e. The Balaban J connectivity index is 2.24. The minimum absolute atomic E-state index is 0.311. The van der Waals surface area contributed by atoms with E-state index in [9.17, 15) is 4.79 Å². The molecular weight excluding hydrogens is 321 g/mol. The molecule has 0 aromatic heterocycles. The number of halogens is 2. The zero-order chi connectivity index (χ0) is 13.1. The van der Waals surface area contributed by atoms with Crippen molar-refractivity contribution in [1.82, 2.24) is 0 Å². The molecule has 0 N–H and O–H groups in total. The molecule has 0 saturated heterocycles. The van der Waals surface area contributed by atoms with Gasteiger partial charge in [0.05, 0.1) is 6.61 Å². The van der Waals surface area contributed by atoms with E-state index in [0.29, 0.717) is 11.6 Å². The quantitative estimate of drug-likeness (QED) is 0.799. The smallest absolute Gasteiger partial charge is 0.335 e. The summed E-state index contributed by atoms with van der Waals surface area (Å²) in [5.41, 5.74) is 0.718. The van der Waals surface area contributed by atoms with Crippen molar-refractivity contribution in [2.75, 3.05) is 6.61 Å². The number of esters is 1. The Morgan fingerprint density at radius 1 is 1.61 bits per heavy atom. The molecule has 1 aromatic rings. The lowest BCUT2D eigenvalue weighted by Crippen LogP contribution is -2.26. The van der Waals surface area contributed by atoms with Gasteiger partial charge in [-0.2, -0.15) is 0 Å². The SMILES string of the molecule is CCOC(=O)C1N=COC1c1ccc(Br)cc1Cl. The van der Waals surface area contributed by atoms with E-state index in [0.717, 1.165) is 10.0 Å². The van der Waals surface area contributed by atoms with Crippen molar-refractivity contribution < 1.29 is 14.3 Å². The Hall–Kier alpha value is -1.07. The van der Waals surface area contributed by atoms with E-state index >= 15 is 0 Å². The van der Waals surface area contributed by atoms with Crippen molar-refractivity contribution in [1.29, 1.82) is 0 Å². The number of hydrogen-bond acceptors (Lipinski definition) is 4. The van der Waals surface area contributed by atoms with Crippen LogP contribution >= 0.6 is 27.5 Å². The fourth-order valence-electron chi connectivity index (χ4n) is 1.71. The molecule has 6 heteroatoms. The Morgan fingerprint density at radius 3 is 3.06 bits per heavy atom. The van der Waals surface area contributed by atoms with Crippen molar-refractivity contribution in [2.45, 2.75) is 19.1 Å². The first kappa shape index (κ1) is 13.4. The van der Waals surface area contributed by atoms with Gasteiger partial charge in [-0.1, -0.05) is 33.6 Å². The van der Waals surface area contributed by atoms with E-state index in [1.807, 2.05) is 6.07 Å². The lowest BCUT2D eigenvalue weighted by molar-refractivity contribution is -0.146. The standard InChI is InChI=1S/C12H11BrClNO3/c1-2-17-12(16)10-11(18-6-15-10)8-4-3-7(13)5-9(8)14/h3-6,10-11H,2H2,1H3. The molecule has 0 saturated carbocycles. The number of benzene rings is 1. The molecule has 2 rings (SSSR count). The molecule has 1 heterocycles.